The zero-order valence-electron chi connectivity index (χ0n) is 11.3. The first-order valence-corrected chi connectivity index (χ1v) is 7.16. The third-order valence-electron chi connectivity index (χ3n) is 2.55. The molecular formula is C14H18BrNO4. The van der Waals surface area contributed by atoms with Crippen LogP contribution in [0.1, 0.15) is 31.4 Å². The third-order valence-corrected chi connectivity index (χ3v) is 3.04. The molecule has 1 atom stereocenters. The van der Waals surface area contributed by atoms with Gasteiger partial charge in [-0.2, -0.15) is 0 Å². The van der Waals surface area contributed by atoms with Gasteiger partial charge in [-0.05, 0) is 24.1 Å². The number of nitrogens with one attached hydrogen (secondary N) is 1. The minimum Gasteiger partial charge on any atom is -0.481 e. The highest BCUT2D eigenvalue weighted by atomic mass is 79.9. The number of ether oxygens (including phenoxy) is 1. The van der Waals surface area contributed by atoms with Crippen molar-refractivity contribution >= 4 is 27.8 Å². The molecule has 0 fully saturated rings. The van der Waals surface area contributed by atoms with Crippen molar-refractivity contribution in [3.63, 3.8) is 0 Å². The summed E-state index contributed by atoms with van der Waals surface area (Å²) in [5.41, 5.74) is 0.741. The molecule has 2 N–H and O–H groups in total. The third kappa shape index (κ3) is 6.16. The average Bonchev–Trinajstić information content (AvgIpc) is 2.38. The van der Waals surface area contributed by atoms with Crippen LogP contribution in [0.5, 0.6) is 0 Å². The molecule has 1 amide bonds. The lowest BCUT2D eigenvalue weighted by atomic mass is 10.0. The van der Waals surface area contributed by atoms with Gasteiger partial charge >= 0.3 is 5.97 Å². The summed E-state index contributed by atoms with van der Waals surface area (Å²) in [5, 5.41) is 11.6. The van der Waals surface area contributed by atoms with Gasteiger partial charge in [0, 0.05) is 11.1 Å². The van der Waals surface area contributed by atoms with E-state index in [2.05, 4.69) is 21.2 Å². The van der Waals surface area contributed by atoms with Gasteiger partial charge in [0.25, 0.3) is 0 Å². The lowest BCUT2D eigenvalue weighted by molar-refractivity contribution is -0.138. The quantitative estimate of drug-likeness (QED) is 0.711. The number of halogens is 1. The molecule has 0 saturated heterocycles. The Bertz CT molecular complexity index is 464. The molecule has 1 rings (SSSR count). The number of benzene rings is 1. The van der Waals surface area contributed by atoms with Crippen molar-refractivity contribution in [2.24, 2.45) is 0 Å². The zero-order chi connectivity index (χ0) is 15.0. The lowest BCUT2D eigenvalue weighted by Crippen LogP contribution is -2.33. The van der Waals surface area contributed by atoms with Gasteiger partial charge in [0.1, 0.15) is 6.61 Å². The number of carboxylic acid groups (broad SMARTS) is 1. The van der Waals surface area contributed by atoms with Gasteiger partial charge < -0.3 is 15.2 Å². The number of amides is 1. The molecule has 110 valence electrons. The summed E-state index contributed by atoms with van der Waals surface area (Å²) in [5.74, 6) is -1.28. The summed E-state index contributed by atoms with van der Waals surface area (Å²) in [4.78, 5) is 22.6. The van der Waals surface area contributed by atoms with Crippen LogP contribution in [-0.4, -0.2) is 30.2 Å². The molecule has 0 unspecified atom stereocenters. The van der Waals surface area contributed by atoms with E-state index in [-0.39, 0.29) is 18.9 Å². The second-order valence-corrected chi connectivity index (χ2v) is 5.24. The summed E-state index contributed by atoms with van der Waals surface area (Å²) in [6.45, 7) is 2.40. The van der Waals surface area contributed by atoms with Crippen molar-refractivity contribution in [2.45, 2.75) is 25.8 Å². The van der Waals surface area contributed by atoms with E-state index in [9.17, 15) is 9.59 Å². The maximum absolute atomic E-state index is 11.7. The number of hydrogen-bond acceptors (Lipinski definition) is 3. The van der Waals surface area contributed by atoms with Crippen LogP contribution < -0.4 is 5.32 Å². The SMILES string of the molecule is CCCOCC(=O)N[C@@H](CC(=O)O)c1cccc(Br)c1. The molecule has 5 nitrogen and oxygen atoms in total. The van der Waals surface area contributed by atoms with Gasteiger partial charge in [-0.15, -0.1) is 0 Å². The van der Waals surface area contributed by atoms with Crippen molar-refractivity contribution < 1.29 is 19.4 Å². The van der Waals surface area contributed by atoms with Gasteiger partial charge in [-0.25, -0.2) is 0 Å². The first kappa shape index (κ1) is 16.7. The summed E-state index contributed by atoms with van der Waals surface area (Å²) in [6.07, 6.45) is 0.660. The molecule has 0 heterocycles. The van der Waals surface area contributed by atoms with Crippen LogP contribution in [0.15, 0.2) is 28.7 Å². The Labute approximate surface area is 126 Å². The monoisotopic (exact) mass is 343 g/mol. The predicted octanol–water partition coefficient (Wildman–Crippen LogP) is 2.51. The van der Waals surface area contributed by atoms with E-state index in [0.29, 0.717) is 6.61 Å². The molecule has 20 heavy (non-hydrogen) atoms. The second-order valence-electron chi connectivity index (χ2n) is 4.33. The highest BCUT2D eigenvalue weighted by molar-refractivity contribution is 9.10. The number of carboxylic acids is 1. The molecule has 6 heteroatoms. The van der Waals surface area contributed by atoms with Gasteiger partial charge in [-0.3, -0.25) is 9.59 Å². The summed E-state index contributed by atoms with van der Waals surface area (Å²) >= 11 is 3.33. The van der Waals surface area contributed by atoms with E-state index in [4.69, 9.17) is 9.84 Å². The fourth-order valence-corrected chi connectivity index (χ4v) is 2.11. The van der Waals surface area contributed by atoms with Crippen LogP contribution in [0.4, 0.5) is 0 Å². The van der Waals surface area contributed by atoms with Gasteiger partial charge in [0.15, 0.2) is 0 Å². The fraction of sp³-hybridized carbons (Fsp3) is 0.429. The van der Waals surface area contributed by atoms with E-state index in [0.717, 1.165) is 16.5 Å². The Morgan fingerprint density at radius 3 is 2.80 bits per heavy atom. The van der Waals surface area contributed by atoms with Crippen molar-refractivity contribution in [3.8, 4) is 0 Å². The van der Waals surface area contributed by atoms with E-state index < -0.39 is 12.0 Å². The summed E-state index contributed by atoms with van der Waals surface area (Å²) in [6, 6.07) is 6.65. The zero-order valence-corrected chi connectivity index (χ0v) is 12.9. The number of hydrogen-bond donors (Lipinski definition) is 2. The first-order chi connectivity index (χ1) is 9.52. The standard InChI is InChI=1S/C14H18BrNO4/c1-2-6-20-9-13(17)16-12(8-14(18)19)10-4-3-5-11(15)7-10/h3-5,7,12H,2,6,8-9H2,1H3,(H,16,17)(H,18,19)/t12-/m0/s1. The van der Waals surface area contributed by atoms with Crippen molar-refractivity contribution in [3.05, 3.63) is 34.3 Å². The molecule has 0 saturated carbocycles. The van der Waals surface area contributed by atoms with E-state index in [1.165, 1.54) is 0 Å². The first-order valence-electron chi connectivity index (χ1n) is 6.37. The largest absolute Gasteiger partial charge is 0.481 e. The molecule has 0 aromatic heterocycles. The maximum atomic E-state index is 11.7. The highest BCUT2D eigenvalue weighted by Crippen LogP contribution is 2.20. The smallest absolute Gasteiger partial charge is 0.305 e. The van der Waals surface area contributed by atoms with Gasteiger partial charge in [-0.1, -0.05) is 35.0 Å². The Balaban J connectivity index is 2.69. The van der Waals surface area contributed by atoms with E-state index >= 15 is 0 Å². The van der Waals surface area contributed by atoms with Crippen molar-refractivity contribution in [2.75, 3.05) is 13.2 Å². The lowest BCUT2D eigenvalue weighted by Gasteiger charge is -2.17. The van der Waals surface area contributed by atoms with Crippen molar-refractivity contribution in [1.82, 2.24) is 5.32 Å². The van der Waals surface area contributed by atoms with Crippen LogP contribution in [0.3, 0.4) is 0 Å². The molecule has 0 aliphatic carbocycles. The Hall–Kier alpha value is -1.40. The summed E-state index contributed by atoms with van der Waals surface area (Å²) < 4.78 is 5.98. The molecule has 0 radical (unpaired) electrons. The molecule has 1 aromatic rings. The van der Waals surface area contributed by atoms with Crippen LogP contribution in [0.2, 0.25) is 0 Å². The summed E-state index contributed by atoms with van der Waals surface area (Å²) in [7, 11) is 0. The number of carbonyl (C=O) groups is 2. The predicted molar refractivity (Wildman–Crippen MR) is 78.4 cm³/mol. The minimum atomic E-state index is -0.968. The molecule has 0 aliphatic heterocycles. The Morgan fingerprint density at radius 1 is 1.45 bits per heavy atom. The van der Waals surface area contributed by atoms with Crippen molar-refractivity contribution in [1.29, 1.82) is 0 Å². The molecular weight excluding hydrogens is 326 g/mol. The van der Waals surface area contributed by atoms with Crippen LogP contribution in [-0.2, 0) is 14.3 Å². The average molecular weight is 344 g/mol. The number of carbonyl (C=O) groups excluding carboxylic acids is 1. The normalized spacial score (nSPS) is 11.9. The molecule has 0 bridgehead atoms. The molecule has 0 aliphatic rings. The Kier molecular flexibility index (Phi) is 7.25. The minimum absolute atomic E-state index is 0.0576. The van der Waals surface area contributed by atoms with E-state index in [1.807, 2.05) is 13.0 Å². The van der Waals surface area contributed by atoms with Crippen LogP contribution >= 0.6 is 15.9 Å². The highest BCUT2D eigenvalue weighted by Gasteiger charge is 2.18. The second kappa shape index (κ2) is 8.71. The van der Waals surface area contributed by atoms with Crippen LogP contribution in [0, 0.1) is 0 Å². The molecule has 1 aromatic carbocycles. The van der Waals surface area contributed by atoms with E-state index in [1.54, 1.807) is 18.2 Å². The van der Waals surface area contributed by atoms with Gasteiger partial charge in [0.2, 0.25) is 5.91 Å². The number of aliphatic carboxylic acids is 1. The fourth-order valence-electron chi connectivity index (χ4n) is 1.70. The van der Waals surface area contributed by atoms with Crippen LogP contribution in [0.25, 0.3) is 0 Å². The van der Waals surface area contributed by atoms with Gasteiger partial charge in [0.05, 0.1) is 12.5 Å². The topological polar surface area (TPSA) is 75.6 Å². The number of rotatable bonds is 8. The maximum Gasteiger partial charge on any atom is 0.305 e. The Morgan fingerprint density at radius 2 is 2.20 bits per heavy atom. The molecule has 0 spiro atoms.